The Morgan fingerprint density at radius 2 is 1.84 bits per heavy atom. The second kappa shape index (κ2) is 3.53. The summed E-state index contributed by atoms with van der Waals surface area (Å²) in [6, 6.07) is 4.57. The first-order valence-corrected chi connectivity index (χ1v) is 5.27. The standard InChI is InChI=1S/C12H6F3N3O/c13-12(14,15)11-17-4-8-6-2-1-5(16)3-7(6)10(19)9(8)18-11/h1-4H,16H2. The van der Waals surface area contributed by atoms with Gasteiger partial charge in [-0.25, -0.2) is 9.97 Å². The number of carbonyl (C=O) groups is 1. The van der Waals surface area contributed by atoms with Crippen LogP contribution in [0.2, 0.25) is 0 Å². The number of nitrogens with zero attached hydrogens (tertiary/aromatic N) is 2. The Bertz CT molecular complexity index is 710. The molecule has 1 aliphatic carbocycles. The molecule has 1 heterocycles. The van der Waals surface area contributed by atoms with Gasteiger partial charge < -0.3 is 5.73 Å². The van der Waals surface area contributed by atoms with Crippen molar-refractivity contribution < 1.29 is 18.0 Å². The summed E-state index contributed by atoms with van der Waals surface area (Å²) in [7, 11) is 0. The number of halogens is 3. The lowest BCUT2D eigenvalue weighted by Crippen LogP contribution is -2.13. The minimum absolute atomic E-state index is 0.233. The highest BCUT2D eigenvalue weighted by atomic mass is 19.4. The zero-order valence-electron chi connectivity index (χ0n) is 9.32. The number of anilines is 1. The molecule has 0 saturated heterocycles. The smallest absolute Gasteiger partial charge is 0.399 e. The third-order valence-electron chi connectivity index (χ3n) is 2.84. The van der Waals surface area contributed by atoms with E-state index in [9.17, 15) is 18.0 Å². The molecule has 0 bridgehead atoms. The van der Waals surface area contributed by atoms with E-state index < -0.39 is 17.8 Å². The molecule has 4 nitrogen and oxygen atoms in total. The molecule has 0 fully saturated rings. The van der Waals surface area contributed by atoms with Crippen LogP contribution in [0.1, 0.15) is 21.9 Å². The predicted octanol–water partition coefficient (Wildman–Crippen LogP) is 2.29. The van der Waals surface area contributed by atoms with Crippen molar-refractivity contribution in [1.29, 1.82) is 0 Å². The Balaban J connectivity index is 2.22. The van der Waals surface area contributed by atoms with Crippen LogP contribution in [-0.4, -0.2) is 15.8 Å². The molecule has 0 saturated carbocycles. The molecule has 2 N–H and O–H groups in total. The molecule has 1 aromatic heterocycles. The van der Waals surface area contributed by atoms with Crippen LogP contribution in [0.3, 0.4) is 0 Å². The van der Waals surface area contributed by atoms with E-state index in [2.05, 4.69) is 9.97 Å². The van der Waals surface area contributed by atoms with Crippen LogP contribution in [0.25, 0.3) is 11.1 Å². The number of aromatic nitrogens is 2. The Kier molecular flexibility index (Phi) is 2.16. The van der Waals surface area contributed by atoms with Crippen LogP contribution >= 0.6 is 0 Å². The van der Waals surface area contributed by atoms with Crippen molar-refractivity contribution in [3.05, 3.63) is 41.5 Å². The van der Waals surface area contributed by atoms with Crippen LogP contribution in [0.4, 0.5) is 18.9 Å². The molecule has 0 unspecified atom stereocenters. The summed E-state index contributed by atoms with van der Waals surface area (Å²) in [4.78, 5) is 18.6. The third-order valence-corrected chi connectivity index (χ3v) is 2.84. The number of nitrogens with two attached hydrogens (primary N) is 1. The lowest BCUT2D eigenvalue weighted by Gasteiger charge is -2.05. The quantitative estimate of drug-likeness (QED) is 0.633. The van der Waals surface area contributed by atoms with E-state index in [-0.39, 0.29) is 11.3 Å². The van der Waals surface area contributed by atoms with Gasteiger partial charge in [0, 0.05) is 23.0 Å². The maximum atomic E-state index is 12.5. The number of hydrogen-bond acceptors (Lipinski definition) is 4. The maximum absolute atomic E-state index is 12.5. The minimum atomic E-state index is -4.68. The molecule has 0 spiro atoms. The van der Waals surface area contributed by atoms with Gasteiger partial charge in [0.2, 0.25) is 11.6 Å². The molecule has 0 amide bonds. The largest absolute Gasteiger partial charge is 0.451 e. The summed E-state index contributed by atoms with van der Waals surface area (Å²) >= 11 is 0. The Morgan fingerprint density at radius 3 is 2.53 bits per heavy atom. The highest BCUT2D eigenvalue weighted by Crippen LogP contribution is 2.37. The van der Waals surface area contributed by atoms with Crippen LogP contribution in [0, 0.1) is 0 Å². The Labute approximate surface area is 105 Å². The molecule has 3 rings (SSSR count). The van der Waals surface area contributed by atoms with Crippen molar-refractivity contribution in [2.45, 2.75) is 6.18 Å². The van der Waals surface area contributed by atoms with E-state index in [0.29, 0.717) is 16.8 Å². The fraction of sp³-hybridized carbons (Fsp3) is 0.0833. The summed E-state index contributed by atoms with van der Waals surface area (Å²) in [5.41, 5.74) is 6.75. The average Bonchev–Trinajstić information content (AvgIpc) is 2.62. The van der Waals surface area contributed by atoms with Gasteiger partial charge in [0.15, 0.2) is 0 Å². The van der Waals surface area contributed by atoms with Gasteiger partial charge in [0.05, 0.1) is 0 Å². The van der Waals surface area contributed by atoms with Gasteiger partial charge in [-0.05, 0) is 17.7 Å². The predicted molar refractivity (Wildman–Crippen MR) is 60.3 cm³/mol. The monoisotopic (exact) mass is 265 g/mol. The lowest BCUT2D eigenvalue weighted by atomic mass is 10.1. The van der Waals surface area contributed by atoms with Crippen molar-refractivity contribution in [2.24, 2.45) is 0 Å². The zero-order chi connectivity index (χ0) is 13.8. The average molecular weight is 265 g/mol. The third kappa shape index (κ3) is 1.66. The van der Waals surface area contributed by atoms with Gasteiger partial charge in [-0.15, -0.1) is 0 Å². The van der Waals surface area contributed by atoms with Crippen molar-refractivity contribution in [3.8, 4) is 11.1 Å². The van der Waals surface area contributed by atoms with E-state index in [4.69, 9.17) is 5.73 Å². The Hall–Kier alpha value is -2.44. The molecule has 2 aromatic rings. The lowest BCUT2D eigenvalue weighted by molar-refractivity contribution is -0.145. The first-order chi connectivity index (χ1) is 8.88. The molecular formula is C12H6F3N3O. The second-order valence-electron chi connectivity index (χ2n) is 4.09. The summed E-state index contributed by atoms with van der Waals surface area (Å²) in [6.07, 6.45) is -3.66. The van der Waals surface area contributed by atoms with E-state index >= 15 is 0 Å². The number of alkyl halides is 3. The molecule has 0 aliphatic heterocycles. The molecule has 19 heavy (non-hydrogen) atoms. The fourth-order valence-electron chi connectivity index (χ4n) is 2.00. The number of benzene rings is 1. The first kappa shape index (κ1) is 11.6. The first-order valence-electron chi connectivity index (χ1n) is 5.27. The summed E-state index contributed by atoms with van der Waals surface area (Å²) < 4.78 is 37.6. The van der Waals surface area contributed by atoms with Gasteiger partial charge >= 0.3 is 6.18 Å². The highest BCUT2D eigenvalue weighted by molar-refractivity contribution is 6.20. The SMILES string of the molecule is Nc1ccc2c(c1)C(=O)c1nc(C(F)(F)F)ncc1-2. The summed E-state index contributed by atoms with van der Waals surface area (Å²) in [5.74, 6) is -1.88. The number of hydrogen-bond donors (Lipinski definition) is 1. The van der Waals surface area contributed by atoms with Gasteiger partial charge in [-0.2, -0.15) is 13.2 Å². The van der Waals surface area contributed by atoms with Crippen LogP contribution in [0.15, 0.2) is 24.4 Å². The van der Waals surface area contributed by atoms with Crippen LogP contribution < -0.4 is 5.73 Å². The molecule has 0 radical (unpaired) electrons. The van der Waals surface area contributed by atoms with Crippen LogP contribution in [0.5, 0.6) is 0 Å². The van der Waals surface area contributed by atoms with Crippen molar-refractivity contribution in [3.63, 3.8) is 0 Å². The van der Waals surface area contributed by atoms with Gasteiger partial charge in [-0.1, -0.05) is 6.07 Å². The number of rotatable bonds is 0. The van der Waals surface area contributed by atoms with Gasteiger partial charge in [-0.3, -0.25) is 4.79 Å². The maximum Gasteiger partial charge on any atom is 0.451 e. The summed E-state index contributed by atoms with van der Waals surface area (Å²) in [5, 5.41) is 0. The highest BCUT2D eigenvalue weighted by Gasteiger charge is 2.38. The normalized spacial score (nSPS) is 13.3. The number of nitrogen functional groups attached to an aromatic ring is 1. The molecular weight excluding hydrogens is 259 g/mol. The van der Waals surface area contributed by atoms with Gasteiger partial charge in [0.1, 0.15) is 5.69 Å². The zero-order valence-corrected chi connectivity index (χ0v) is 9.32. The fourth-order valence-corrected chi connectivity index (χ4v) is 2.00. The van der Waals surface area contributed by atoms with Crippen molar-refractivity contribution in [2.75, 3.05) is 5.73 Å². The Morgan fingerprint density at radius 1 is 1.11 bits per heavy atom. The second-order valence-corrected chi connectivity index (χ2v) is 4.09. The van der Waals surface area contributed by atoms with E-state index in [0.717, 1.165) is 6.20 Å². The molecule has 7 heteroatoms. The van der Waals surface area contributed by atoms with Crippen molar-refractivity contribution in [1.82, 2.24) is 9.97 Å². The molecule has 96 valence electrons. The van der Waals surface area contributed by atoms with E-state index in [1.54, 1.807) is 12.1 Å². The number of ketones is 1. The molecule has 0 atom stereocenters. The topological polar surface area (TPSA) is 68.9 Å². The van der Waals surface area contributed by atoms with Gasteiger partial charge in [0.25, 0.3) is 0 Å². The molecule has 1 aliphatic rings. The van der Waals surface area contributed by atoms with E-state index in [1.165, 1.54) is 6.07 Å². The summed E-state index contributed by atoms with van der Waals surface area (Å²) in [6.45, 7) is 0. The minimum Gasteiger partial charge on any atom is -0.399 e. The van der Waals surface area contributed by atoms with E-state index in [1.807, 2.05) is 0 Å². The number of fused-ring (bicyclic) bond motifs is 3. The molecule has 1 aromatic carbocycles. The van der Waals surface area contributed by atoms with Crippen molar-refractivity contribution >= 4 is 11.5 Å². The van der Waals surface area contributed by atoms with Crippen LogP contribution in [-0.2, 0) is 6.18 Å². The number of carbonyl (C=O) groups excluding carboxylic acids is 1.